The number of amides is 1. The van der Waals surface area contributed by atoms with Crippen molar-refractivity contribution in [3.05, 3.63) is 53.2 Å². The molecule has 0 bridgehead atoms. The minimum absolute atomic E-state index is 0.0682. The molecule has 12 heteroatoms. The average Bonchev–Trinajstić information content (AvgIpc) is 3.30. The number of aryl methyl sites for hydroxylation is 1. The molecule has 0 spiro atoms. The van der Waals surface area contributed by atoms with Crippen LogP contribution in [0.4, 0.5) is 0 Å². The van der Waals surface area contributed by atoms with E-state index in [0.29, 0.717) is 17.2 Å². The Labute approximate surface area is 213 Å². The molecule has 3 unspecified atom stereocenters. The molecule has 2 heterocycles. The van der Waals surface area contributed by atoms with Gasteiger partial charge in [0.05, 0.1) is 20.2 Å². The second-order valence-corrected chi connectivity index (χ2v) is 9.93. The lowest BCUT2D eigenvalue weighted by molar-refractivity contribution is -0.156. The Morgan fingerprint density at radius 2 is 2.00 bits per heavy atom. The van der Waals surface area contributed by atoms with Gasteiger partial charge in [-0.05, 0) is 31.5 Å². The molecule has 11 nitrogen and oxygen atoms in total. The van der Waals surface area contributed by atoms with Crippen molar-refractivity contribution in [1.29, 1.82) is 5.41 Å². The predicted octanol–water partition coefficient (Wildman–Crippen LogP) is 0.844. The number of aromatic amines is 1. The van der Waals surface area contributed by atoms with Gasteiger partial charge in [-0.3, -0.25) is 10.2 Å². The summed E-state index contributed by atoms with van der Waals surface area (Å²) in [7, 11) is 1.33. The van der Waals surface area contributed by atoms with E-state index in [-0.39, 0.29) is 37.9 Å². The van der Waals surface area contributed by atoms with E-state index in [1.54, 1.807) is 55.3 Å². The Kier molecular flexibility index (Phi) is 9.37. The zero-order chi connectivity index (χ0) is 26.4. The number of nitrogens with zero attached hydrogens (tertiary/aromatic N) is 3. The number of esters is 1. The fourth-order valence-corrected chi connectivity index (χ4v) is 5.12. The number of H-pyrrole nitrogens is 1. The standard InChI is InChI=1S/C24H33N5O6S/c1-5-35-22(31)15-27(3)23(25)18-9-7-17(8-10-18)12-29-19(24(32)34-4)13-28(14-21(29)30)36(33)20-11-6-16(2)26-20/h6-11,19,22,25-26,31H,5,12-15H2,1-4H3. The molecule has 3 atom stereocenters. The minimum Gasteiger partial charge on any atom is -0.467 e. The Hall–Kier alpha value is -3.06. The molecule has 2 aromatic rings. The van der Waals surface area contributed by atoms with Gasteiger partial charge in [0.15, 0.2) is 6.29 Å². The van der Waals surface area contributed by atoms with Crippen LogP contribution in [0.25, 0.3) is 0 Å². The number of ether oxygens (including phenoxy) is 2. The number of piperazine rings is 1. The zero-order valence-electron chi connectivity index (χ0n) is 20.9. The van der Waals surface area contributed by atoms with Crippen molar-refractivity contribution in [2.75, 3.05) is 40.4 Å². The highest BCUT2D eigenvalue weighted by atomic mass is 32.2. The lowest BCUT2D eigenvalue weighted by Crippen LogP contribution is -2.59. The first kappa shape index (κ1) is 27.5. The number of amidine groups is 1. The van der Waals surface area contributed by atoms with Crippen LogP contribution in [0.2, 0.25) is 0 Å². The summed E-state index contributed by atoms with van der Waals surface area (Å²) >= 11 is 0. The Morgan fingerprint density at radius 1 is 1.31 bits per heavy atom. The zero-order valence-corrected chi connectivity index (χ0v) is 21.7. The maximum Gasteiger partial charge on any atom is 0.329 e. The molecule has 36 heavy (non-hydrogen) atoms. The summed E-state index contributed by atoms with van der Waals surface area (Å²) in [6.07, 6.45) is -0.991. The van der Waals surface area contributed by atoms with Crippen LogP contribution < -0.4 is 0 Å². The molecule has 196 valence electrons. The van der Waals surface area contributed by atoms with Crippen molar-refractivity contribution in [2.24, 2.45) is 0 Å². The Morgan fingerprint density at radius 3 is 2.58 bits per heavy atom. The summed E-state index contributed by atoms with van der Waals surface area (Å²) in [5.74, 6) is -0.713. The summed E-state index contributed by atoms with van der Waals surface area (Å²) in [6, 6.07) is 9.64. The molecule has 1 aliphatic heterocycles. The van der Waals surface area contributed by atoms with Gasteiger partial charge in [0.2, 0.25) is 5.91 Å². The SMILES string of the molecule is CCOC(O)CN(C)C(=N)c1ccc(CN2C(=O)CN(S(=O)c3ccc(C)[nH]3)CC2C(=O)OC)cc1. The van der Waals surface area contributed by atoms with Crippen LogP contribution in [0.15, 0.2) is 41.4 Å². The van der Waals surface area contributed by atoms with E-state index in [9.17, 15) is 18.9 Å². The van der Waals surface area contributed by atoms with E-state index in [1.165, 1.54) is 16.3 Å². The lowest BCUT2D eigenvalue weighted by atomic mass is 10.1. The number of carbonyl (C=O) groups excluding carboxylic acids is 2. The van der Waals surface area contributed by atoms with Crippen molar-refractivity contribution in [3.63, 3.8) is 0 Å². The van der Waals surface area contributed by atoms with Gasteiger partial charge in [-0.1, -0.05) is 24.3 Å². The van der Waals surface area contributed by atoms with Crippen LogP contribution >= 0.6 is 0 Å². The molecule has 1 aromatic heterocycles. The first-order valence-electron chi connectivity index (χ1n) is 11.5. The third-order valence-corrected chi connectivity index (χ3v) is 7.20. The predicted molar refractivity (Wildman–Crippen MR) is 133 cm³/mol. The number of likely N-dealkylation sites (N-methyl/N-ethyl adjacent to an activating group) is 1. The Balaban J connectivity index is 1.70. The second-order valence-electron chi connectivity index (χ2n) is 8.47. The van der Waals surface area contributed by atoms with E-state index in [1.807, 2.05) is 6.92 Å². The number of aromatic nitrogens is 1. The van der Waals surface area contributed by atoms with Crippen LogP contribution in [0, 0.1) is 12.3 Å². The maximum atomic E-state index is 13.1. The molecule has 0 radical (unpaired) electrons. The first-order chi connectivity index (χ1) is 17.1. The number of carbonyl (C=O) groups is 2. The number of hydrogen-bond acceptors (Lipinski definition) is 7. The van der Waals surface area contributed by atoms with E-state index in [2.05, 4.69) is 4.98 Å². The normalized spacial score (nSPS) is 18.1. The summed E-state index contributed by atoms with van der Waals surface area (Å²) in [4.78, 5) is 31.6. The molecule has 1 fully saturated rings. The molecule has 1 aliphatic rings. The summed E-state index contributed by atoms with van der Waals surface area (Å²) < 4.78 is 24.5. The largest absolute Gasteiger partial charge is 0.467 e. The van der Waals surface area contributed by atoms with Crippen LogP contribution in [0.3, 0.4) is 0 Å². The van der Waals surface area contributed by atoms with Gasteiger partial charge < -0.3 is 29.4 Å². The number of nitrogens with one attached hydrogen (secondary N) is 2. The topological polar surface area (TPSA) is 139 Å². The van der Waals surface area contributed by atoms with E-state index >= 15 is 0 Å². The number of methoxy groups -OCH3 is 1. The van der Waals surface area contributed by atoms with Crippen molar-refractivity contribution in [2.45, 2.75) is 37.8 Å². The summed E-state index contributed by atoms with van der Waals surface area (Å²) in [5, 5.41) is 18.6. The lowest BCUT2D eigenvalue weighted by Gasteiger charge is -2.38. The van der Waals surface area contributed by atoms with Gasteiger partial charge in [-0.15, -0.1) is 0 Å². The number of hydrogen-bond donors (Lipinski definition) is 3. The third kappa shape index (κ3) is 6.58. The van der Waals surface area contributed by atoms with Gasteiger partial charge in [0, 0.05) is 38.0 Å². The van der Waals surface area contributed by atoms with Crippen LogP contribution in [0.1, 0.15) is 23.7 Å². The van der Waals surface area contributed by atoms with E-state index in [4.69, 9.17) is 14.9 Å². The third-order valence-electron chi connectivity index (χ3n) is 5.84. The maximum absolute atomic E-state index is 13.1. The molecular weight excluding hydrogens is 486 g/mol. The number of benzene rings is 1. The quantitative estimate of drug-likeness (QED) is 0.183. The van der Waals surface area contributed by atoms with E-state index in [0.717, 1.165) is 11.3 Å². The molecule has 0 saturated carbocycles. The highest BCUT2D eigenvalue weighted by Gasteiger charge is 2.40. The highest BCUT2D eigenvalue weighted by Crippen LogP contribution is 2.21. The van der Waals surface area contributed by atoms with Crippen LogP contribution in [0.5, 0.6) is 0 Å². The Bertz CT molecular complexity index is 1100. The molecular formula is C24H33N5O6S. The van der Waals surface area contributed by atoms with Crippen molar-refractivity contribution >= 4 is 28.7 Å². The number of aliphatic hydroxyl groups is 1. The van der Waals surface area contributed by atoms with Gasteiger partial charge in [-0.2, -0.15) is 0 Å². The summed E-state index contributed by atoms with van der Waals surface area (Å²) in [5.41, 5.74) is 2.24. The summed E-state index contributed by atoms with van der Waals surface area (Å²) in [6.45, 7) is 4.27. The van der Waals surface area contributed by atoms with Crippen LogP contribution in [-0.4, -0.2) is 98.8 Å². The smallest absolute Gasteiger partial charge is 0.329 e. The second kappa shape index (κ2) is 12.3. The van der Waals surface area contributed by atoms with Crippen molar-refractivity contribution in [3.8, 4) is 0 Å². The molecule has 1 amide bonds. The van der Waals surface area contributed by atoms with Gasteiger partial charge in [0.1, 0.15) is 27.9 Å². The van der Waals surface area contributed by atoms with Gasteiger partial charge >= 0.3 is 5.97 Å². The fraction of sp³-hybridized carbons (Fsp3) is 0.458. The van der Waals surface area contributed by atoms with Gasteiger partial charge in [-0.25, -0.2) is 13.3 Å². The van der Waals surface area contributed by atoms with Crippen molar-refractivity contribution < 1.29 is 28.4 Å². The first-order valence-corrected chi connectivity index (χ1v) is 12.6. The molecule has 3 rings (SSSR count). The highest BCUT2D eigenvalue weighted by molar-refractivity contribution is 7.82. The monoisotopic (exact) mass is 519 g/mol. The molecule has 3 N–H and O–H groups in total. The minimum atomic E-state index is -1.62. The van der Waals surface area contributed by atoms with Crippen LogP contribution in [-0.2, 0) is 36.6 Å². The van der Waals surface area contributed by atoms with Gasteiger partial charge in [0.25, 0.3) is 0 Å². The number of aliphatic hydroxyl groups excluding tert-OH is 1. The van der Waals surface area contributed by atoms with E-state index < -0.39 is 29.3 Å². The van der Waals surface area contributed by atoms with Crippen molar-refractivity contribution in [1.82, 2.24) is 19.1 Å². The fourth-order valence-electron chi connectivity index (χ4n) is 3.91. The average molecular weight is 520 g/mol. The molecule has 0 aliphatic carbocycles. The molecule has 1 saturated heterocycles. The number of rotatable bonds is 10. The molecule has 1 aromatic carbocycles.